The molecule has 1 aromatic carbocycles. The zero-order valence-corrected chi connectivity index (χ0v) is 8.97. The topological polar surface area (TPSA) is 60.1 Å². The van der Waals surface area contributed by atoms with Crippen molar-refractivity contribution in [1.29, 1.82) is 0 Å². The maximum Gasteiger partial charge on any atom is 0.270 e. The molecule has 4 heteroatoms. The van der Waals surface area contributed by atoms with Crippen molar-refractivity contribution in [3.05, 3.63) is 53.9 Å². The third-order valence-electron chi connectivity index (χ3n) is 2.46. The molecule has 0 radical (unpaired) electrons. The monoisotopic (exact) mass is 215 g/mol. The van der Waals surface area contributed by atoms with Gasteiger partial charge in [0.1, 0.15) is 0 Å². The zero-order valence-electron chi connectivity index (χ0n) is 8.97. The van der Waals surface area contributed by atoms with E-state index in [0.717, 1.165) is 5.56 Å². The highest BCUT2D eigenvalue weighted by atomic mass is 16.2. The highest BCUT2D eigenvalue weighted by molar-refractivity contribution is 6.02. The molecule has 4 nitrogen and oxygen atoms in total. The summed E-state index contributed by atoms with van der Waals surface area (Å²) in [7, 11) is 0. The minimum Gasteiger partial charge on any atom is -0.398 e. The summed E-state index contributed by atoms with van der Waals surface area (Å²) in [6, 6.07) is 8.98. The summed E-state index contributed by atoms with van der Waals surface area (Å²) in [5.41, 5.74) is 10.5. The van der Waals surface area contributed by atoms with Crippen molar-refractivity contribution in [3.8, 4) is 0 Å². The number of aromatic nitrogens is 1. The molecule has 0 saturated heterocycles. The molecule has 0 bridgehead atoms. The summed E-state index contributed by atoms with van der Waals surface area (Å²) in [5, 5.41) is 0. The molecule has 0 saturated carbocycles. The molecule has 2 aromatic rings. The quantitative estimate of drug-likeness (QED) is 0.750. The van der Waals surface area contributed by atoms with Crippen LogP contribution in [0.4, 0.5) is 5.69 Å². The molecule has 0 atom stereocenters. The Kier molecular flexibility index (Phi) is 2.64. The fourth-order valence-electron chi connectivity index (χ4n) is 1.49. The number of nitrogens with two attached hydrogens (primary N) is 1. The van der Waals surface area contributed by atoms with Crippen LogP contribution in [0.25, 0.3) is 0 Å². The largest absolute Gasteiger partial charge is 0.398 e. The molecule has 0 spiro atoms. The standard InChI is InChI=1S/C12H13N3O/c1-9-10(5-4-6-11(9)13)12(16)14-15-7-2-3-8-15/h2-8H,13H2,1H3,(H,14,16). The van der Waals surface area contributed by atoms with Gasteiger partial charge < -0.3 is 5.73 Å². The van der Waals surface area contributed by atoms with Crippen LogP contribution in [-0.4, -0.2) is 10.6 Å². The molecule has 0 aliphatic carbocycles. The summed E-state index contributed by atoms with van der Waals surface area (Å²) < 4.78 is 1.60. The van der Waals surface area contributed by atoms with Crippen LogP contribution in [0.3, 0.4) is 0 Å². The second-order valence-corrected chi connectivity index (χ2v) is 3.55. The molecule has 82 valence electrons. The summed E-state index contributed by atoms with van der Waals surface area (Å²) >= 11 is 0. The molecule has 1 heterocycles. The van der Waals surface area contributed by atoms with E-state index in [-0.39, 0.29) is 5.91 Å². The molecule has 0 fully saturated rings. The Morgan fingerprint density at radius 2 is 1.94 bits per heavy atom. The number of nitrogen functional groups attached to an aromatic ring is 1. The maximum absolute atomic E-state index is 11.9. The Bertz CT molecular complexity index is 503. The zero-order chi connectivity index (χ0) is 11.5. The van der Waals surface area contributed by atoms with E-state index in [4.69, 9.17) is 5.73 Å². The lowest BCUT2D eigenvalue weighted by Gasteiger charge is -2.09. The van der Waals surface area contributed by atoms with Gasteiger partial charge in [0.25, 0.3) is 5.91 Å². The number of carbonyl (C=O) groups excluding carboxylic acids is 1. The first kappa shape index (κ1) is 10.3. The molecule has 0 aliphatic heterocycles. The van der Waals surface area contributed by atoms with Crippen LogP contribution in [0.2, 0.25) is 0 Å². The lowest BCUT2D eigenvalue weighted by molar-refractivity contribution is 0.101. The highest BCUT2D eigenvalue weighted by Gasteiger charge is 2.09. The van der Waals surface area contributed by atoms with Gasteiger partial charge >= 0.3 is 0 Å². The van der Waals surface area contributed by atoms with Gasteiger partial charge in [-0.25, -0.2) is 0 Å². The fraction of sp³-hybridized carbons (Fsp3) is 0.0833. The van der Waals surface area contributed by atoms with Crippen molar-refractivity contribution in [2.75, 3.05) is 11.2 Å². The average Bonchev–Trinajstić information content (AvgIpc) is 2.74. The van der Waals surface area contributed by atoms with E-state index >= 15 is 0 Å². The molecule has 1 aromatic heterocycles. The number of benzene rings is 1. The number of hydrogen-bond acceptors (Lipinski definition) is 2. The van der Waals surface area contributed by atoms with Gasteiger partial charge in [0.05, 0.1) is 0 Å². The van der Waals surface area contributed by atoms with Crippen LogP contribution in [0.15, 0.2) is 42.7 Å². The van der Waals surface area contributed by atoms with E-state index in [1.807, 2.05) is 19.1 Å². The maximum atomic E-state index is 11.9. The number of hydrogen-bond donors (Lipinski definition) is 2. The summed E-state index contributed by atoms with van der Waals surface area (Å²) in [5.74, 6) is -0.166. The third-order valence-corrected chi connectivity index (χ3v) is 2.46. The second-order valence-electron chi connectivity index (χ2n) is 3.55. The van der Waals surface area contributed by atoms with Crippen molar-refractivity contribution in [2.45, 2.75) is 6.92 Å². The van der Waals surface area contributed by atoms with Crippen LogP contribution in [0.5, 0.6) is 0 Å². The normalized spacial score (nSPS) is 10.1. The molecule has 3 N–H and O–H groups in total. The number of rotatable bonds is 2. The van der Waals surface area contributed by atoms with Crippen molar-refractivity contribution in [2.24, 2.45) is 0 Å². The van der Waals surface area contributed by atoms with Gasteiger partial charge in [-0.3, -0.25) is 14.9 Å². The van der Waals surface area contributed by atoms with Crippen LogP contribution in [0.1, 0.15) is 15.9 Å². The van der Waals surface area contributed by atoms with E-state index in [0.29, 0.717) is 11.3 Å². The Morgan fingerprint density at radius 1 is 1.25 bits per heavy atom. The van der Waals surface area contributed by atoms with E-state index in [1.54, 1.807) is 35.3 Å². The van der Waals surface area contributed by atoms with Crippen LogP contribution >= 0.6 is 0 Å². The first-order chi connectivity index (χ1) is 7.68. The lowest BCUT2D eigenvalue weighted by atomic mass is 10.1. The van der Waals surface area contributed by atoms with E-state index < -0.39 is 0 Å². The average molecular weight is 215 g/mol. The number of anilines is 1. The summed E-state index contributed by atoms with van der Waals surface area (Å²) in [6.45, 7) is 1.83. The summed E-state index contributed by atoms with van der Waals surface area (Å²) in [6.07, 6.45) is 3.53. The number of amides is 1. The van der Waals surface area contributed by atoms with E-state index in [9.17, 15) is 4.79 Å². The lowest BCUT2D eigenvalue weighted by Crippen LogP contribution is -2.22. The second kappa shape index (κ2) is 4.10. The fourth-order valence-corrected chi connectivity index (χ4v) is 1.49. The predicted molar refractivity (Wildman–Crippen MR) is 63.7 cm³/mol. The number of carbonyl (C=O) groups is 1. The van der Waals surface area contributed by atoms with Crippen LogP contribution in [-0.2, 0) is 0 Å². The number of nitrogens with one attached hydrogen (secondary N) is 1. The SMILES string of the molecule is Cc1c(N)cccc1C(=O)Nn1cccc1. The minimum atomic E-state index is -0.166. The van der Waals surface area contributed by atoms with Gasteiger partial charge in [-0.2, -0.15) is 0 Å². The Balaban J connectivity index is 2.24. The molecule has 16 heavy (non-hydrogen) atoms. The minimum absolute atomic E-state index is 0.166. The highest BCUT2D eigenvalue weighted by Crippen LogP contribution is 2.15. The Labute approximate surface area is 93.7 Å². The predicted octanol–water partition coefficient (Wildman–Crippen LogP) is 1.76. The van der Waals surface area contributed by atoms with Gasteiger partial charge in [0.2, 0.25) is 0 Å². The first-order valence-corrected chi connectivity index (χ1v) is 4.98. The van der Waals surface area contributed by atoms with Crippen molar-refractivity contribution >= 4 is 11.6 Å². The van der Waals surface area contributed by atoms with Crippen LogP contribution < -0.4 is 11.2 Å². The third kappa shape index (κ3) is 1.91. The van der Waals surface area contributed by atoms with Gasteiger partial charge in [0.15, 0.2) is 0 Å². The van der Waals surface area contributed by atoms with Crippen LogP contribution in [0, 0.1) is 6.92 Å². The molecule has 1 amide bonds. The van der Waals surface area contributed by atoms with E-state index in [1.165, 1.54) is 0 Å². The molecule has 0 unspecified atom stereocenters. The van der Waals surface area contributed by atoms with Crippen molar-refractivity contribution < 1.29 is 4.79 Å². The van der Waals surface area contributed by atoms with Gasteiger partial charge in [-0.1, -0.05) is 6.07 Å². The number of nitrogens with zero attached hydrogens (tertiary/aromatic N) is 1. The smallest absolute Gasteiger partial charge is 0.270 e. The van der Waals surface area contributed by atoms with Gasteiger partial charge in [-0.15, -0.1) is 0 Å². The van der Waals surface area contributed by atoms with Gasteiger partial charge in [-0.05, 0) is 36.8 Å². The van der Waals surface area contributed by atoms with Crippen molar-refractivity contribution in [1.82, 2.24) is 4.68 Å². The molecule has 2 rings (SSSR count). The van der Waals surface area contributed by atoms with Crippen molar-refractivity contribution in [3.63, 3.8) is 0 Å². The molecular weight excluding hydrogens is 202 g/mol. The Hall–Kier alpha value is -2.23. The Morgan fingerprint density at radius 3 is 2.62 bits per heavy atom. The molecular formula is C12H13N3O. The van der Waals surface area contributed by atoms with E-state index in [2.05, 4.69) is 5.43 Å². The van der Waals surface area contributed by atoms with Gasteiger partial charge in [0, 0.05) is 23.6 Å². The summed E-state index contributed by atoms with van der Waals surface area (Å²) in [4.78, 5) is 11.9. The molecule has 0 aliphatic rings. The first-order valence-electron chi connectivity index (χ1n) is 4.98.